The smallest absolute Gasteiger partial charge is 0.129 e. The van der Waals surface area contributed by atoms with Crippen LogP contribution in [0.2, 0.25) is 5.02 Å². The number of rotatable bonds is 4. The zero-order valence-electron chi connectivity index (χ0n) is 9.47. The monoisotopic (exact) mass is 278 g/mol. The molecule has 0 amide bonds. The van der Waals surface area contributed by atoms with Crippen LogP contribution in [0.25, 0.3) is 0 Å². The van der Waals surface area contributed by atoms with E-state index in [2.05, 4.69) is 4.98 Å². The van der Waals surface area contributed by atoms with Gasteiger partial charge in [-0.2, -0.15) is 0 Å². The summed E-state index contributed by atoms with van der Waals surface area (Å²) in [4.78, 5) is 4.23. The average molecular weight is 279 g/mol. The maximum absolute atomic E-state index is 6.00. The number of ether oxygens (including phenoxy) is 1. The van der Waals surface area contributed by atoms with Crippen LogP contribution < -0.4 is 10.5 Å². The summed E-state index contributed by atoms with van der Waals surface area (Å²) >= 11 is 11.0. The van der Waals surface area contributed by atoms with Crippen LogP contribution in [0.5, 0.6) is 5.75 Å². The minimum absolute atomic E-state index is 0.312. The van der Waals surface area contributed by atoms with Crippen molar-refractivity contribution in [3.63, 3.8) is 0 Å². The van der Waals surface area contributed by atoms with Crippen LogP contribution in [0.4, 0.5) is 0 Å². The molecule has 0 atom stereocenters. The normalized spacial score (nSPS) is 10.1. The van der Waals surface area contributed by atoms with Gasteiger partial charge in [-0.15, -0.1) is 0 Å². The van der Waals surface area contributed by atoms with Crippen molar-refractivity contribution < 1.29 is 4.74 Å². The Labute approximate surface area is 116 Å². The van der Waals surface area contributed by atoms with Crippen molar-refractivity contribution in [2.75, 3.05) is 0 Å². The molecule has 0 saturated heterocycles. The summed E-state index contributed by atoms with van der Waals surface area (Å²) in [5.41, 5.74) is 7.21. The number of aromatic nitrogens is 1. The molecule has 5 heteroatoms. The Hall–Kier alpha value is -1.65. The van der Waals surface area contributed by atoms with E-state index >= 15 is 0 Å². The highest BCUT2D eigenvalue weighted by Crippen LogP contribution is 2.21. The number of hydrogen-bond donors (Lipinski definition) is 1. The lowest BCUT2D eigenvalue weighted by atomic mass is 10.2. The number of hydrogen-bond acceptors (Lipinski definition) is 3. The molecule has 1 aromatic heterocycles. The van der Waals surface area contributed by atoms with E-state index in [1.165, 1.54) is 0 Å². The van der Waals surface area contributed by atoms with Crippen LogP contribution in [0.1, 0.15) is 11.1 Å². The SMILES string of the molecule is NC(=S)c1ccccc1OCc1ccncc1Cl. The van der Waals surface area contributed by atoms with Crippen LogP contribution in [0.3, 0.4) is 0 Å². The van der Waals surface area contributed by atoms with Gasteiger partial charge < -0.3 is 10.5 Å². The largest absolute Gasteiger partial charge is 0.488 e. The molecule has 0 radical (unpaired) electrons. The summed E-state index contributed by atoms with van der Waals surface area (Å²) < 4.78 is 5.69. The first kappa shape index (κ1) is 12.8. The highest BCUT2D eigenvalue weighted by molar-refractivity contribution is 7.80. The molecule has 0 bridgehead atoms. The predicted molar refractivity (Wildman–Crippen MR) is 75.9 cm³/mol. The van der Waals surface area contributed by atoms with Gasteiger partial charge in [0, 0.05) is 18.0 Å². The van der Waals surface area contributed by atoms with Gasteiger partial charge in [0.05, 0.1) is 10.6 Å². The molecular formula is C13H11ClN2OS. The van der Waals surface area contributed by atoms with Gasteiger partial charge in [0.15, 0.2) is 0 Å². The van der Waals surface area contributed by atoms with Crippen LogP contribution >= 0.6 is 23.8 Å². The minimum Gasteiger partial charge on any atom is -0.488 e. The third-order valence-corrected chi connectivity index (χ3v) is 2.95. The van der Waals surface area contributed by atoms with E-state index in [0.29, 0.717) is 22.4 Å². The van der Waals surface area contributed by atoms with E-state index in [9.17, 15) is 0 Å². The fraction of sp³-hybridized carbons (Fsp3) is 0.0769. The number of nitrogens with zero attached hydrogens (tertiary/aromatic N) is 1. The molecule has 1 heterocycles. The van der Waals surface area contributed by atoms with Crippen LogP contribution in [0, 0.1) is 0 Å². The molecule has 2 rings (SSSR count). The lowest BCUT2D eigenvalue weighted by Gasteiger charge is -2.11. The highest BCUT2D eigenvalue weighted by atomic mass is 35.5. The molecule has 0 fully saturated rings. The highest BCUT2D eigenvalue weighted by Gasteiger charge is 2.06. The van der Waals surface area contributed by atoms with E-state index in [1.807, 2.05) is 30.3 Å². The maximum atomic E-state index is 6.00. The van der Waals surface area contributed by atoms with E-state index in [4.69, 9.17) is 34.3 Å². The summed E-state index contributed by atoms with van der Waals surface area (Å²) in [6.07, 6.45) is 3.25. The van der Waals surface area contributed by atoms with Crippen molar-refractivity contribution in [2.45, 2.75) is 6.61 Å². The second-order valence-corrected chi connectivity index (χ2v) is 4.46. The van der Waals surface area contributed by atoms with Gasteiger partial charge in [-0.25, -0.2) is 0 Å². The van der Waals surface area contributed by atoms with Crippen LogP contribution in [0.15, 0.2) is 42.7 Å². The standard InChI is InChI=1S/C13H11ClN2OS/c14-11-7-16-6-5-9(11)8-17-12-4-2-1-3-10(12)13(15)18/h1-7H,8H2,(H2,15,18). The molecule has 0 aliphatic carbocycles. The molecule has 0 spiro atoms. The summed E-state index contributed by atoms with van der Waals surface area (Å²) in [6, 6.07) is 9.19. The van der Waals surface area contributed by atoms with E-state index < -0.39 is 0 Å². The molecule has 0 unspecified atom stereocenters. The molecule has 92 valence electrons. The Kier molecular flexibility index (Phi) is 4.12. The van der Waals surface area contributed by atoms with E-state index in [-0.39, 0.29) is 0 Å². The van der Waals surface area contributed by atoms with E-state index in [0.717, 1.165) is 11.1 Å². The molecule has 18 heavy (non-hydrogen) atoms. The Morgan fingerprint density at radius 2 is 2.11 bits per heavy atom. The zero-order valence-corrected chi connectivity index (χ0v) is 11.0. The third-order valence-electron chi connectivity index (χ3n) is 2.39. The Bertz CT molecular complexity index is 574. The number of para-hydroxylation sites is 1. The van der Waals surface area contributed by atoms with Gasteiger partial charge in [-0.3, -0.25) is 4.98 Å². The molecule has 2 N–H and O–H groups in total. The first-order valence-electron chi connectivity index (χ1n) is 5.28. The first-order valence-corrected chi connectivity index (χ1v) is 6.07. The van der Waals surface area contributed by atoms with Crippen molar-refractivity contribution in [2.24, 2.45) is 5.73 Å². The molecule has 0 saturated carbocycles. The van der Waals surface area contributed by atoms with Crippen molar-refractivity contribution in [1.82, 2.24) is 4.98 Å². The minimum atomic E-state index is 0.312. The summed E-state index contributed by atoms with van der Waals surface area (Å²) in [7, 11) is 0. The Balaban J connectivity index is 2.16. The maximum Gasteiger partial charge on any atom is 0.129 e. The molecule has 1 aromatic carbocycles. The lowest BCUT2D eigenvalue weighted by molar-refractivity contribution is 0.305. The fourth-order valence-corrected chi connectivity index (χ4v) is 1.82. The van der Waals surface area contributed by atoms with Crippen molar-refractivity contribution in [1.29, 1.82) is 0 Å². The van der Waals surface area contributed by atoms with Crippen molar-refractivity contribution in [3.8, 4) is 5.75 Å². The lowest BCUT2D eigenvalue weighted by Crippen LogP contribution is -2.11. The summed E-state index contributed by atoms with van der Waals surface area (Å²) in [5.74, 6) is 0.651. The number of thiocarbonyl (C=S) groups is 1. The topological polar surface area (TPSA) is 48.1 Å². The molecule has 2 aromatic rings. The van der Waals surface area contributed by atoms with Gasteiger partial charge >= 0.3 is 0 Å². The van der Waals surface area contributed by atoms with Gasteiger partial charge in [0.25, 0.3) is 0 Å². The summed E-state index contributed by atoms with van der Waals surface area (Å²) in [5, 5.41) is 0.574. The van der Waals surface area contributed by atoms with Gasteiger partial charge in [-0.1, -0.05) is 36.0 Å². The molecular weight excluding hydrogens is 268 g/mol. The van der Waals surface area contributed by atoms with Gasteiger partial charge in [-0.05, 0) is 18.2 Å². The van der Waals surface area contributed by atoms with Gasteiger partial charge in [0.1, 0.15) is 17.3 Å². The number of nitrogens with two attached hydrogens (primary N) is 1. The molecule has 3 nitrogen and oxygen atoms in total. The number of pyridine rings is 1. The second kappa shape index (κ2) is 5.80. The summed E-state index contributed by atoms with van der Waals surface area (Å²) in [6.45, 7) is 0.348. The molecule has 0 aliphatic heterocycles. The molecule has 0 aliphatic rings. The predicted octanol–water partition coefficient (Wildman–Crippen LogP) is 2.95. The van der Waals surface area contributed by atoms with Gasteiger partial charge in [0.2, 0.25) is 0 Å². The van der Waals surface area contributed by atoms with Crippen molar-refractivity contribution in [3.05, 3.63) is 58.9 Å². The van der Waals surface area contributed by atoms with Crippen LogP contribution in [-0.4, -0.2) is 9.97 Å². The quantitative estimate of drug-likeness (QED) is 0.874. The van der Waals surface area contributed by atoms with Crippen LogP contribution in [-0.2, 0) is 6.61 Å². The Morgan fingerprint density at radius 1 is 1.33 bits per heavy atom. The van der Waals surface area contributed by atoms with E-state index in [1.54, 1.807) is 12.4 Å². The number of halogens is 1. The Morgan fingerprint density at radius 3 is 2.83 bits per heavy atom. The average Bonchev–Trinajstić information content (AvgIpc) is 2.38. The third kappa shape index (κ3) is 2.97. The second-order valence-electron chi connectivity index (χ2n) is 3.62. The number of benzene rings is 1. The zero-order chi connectivity index (χ0) is 13.0. The van der Waals surface area contributed by atoms with Crippen molar-refractivity contribution >= 4 is 28.8 Å². The fourth-order valence-electron chi connectivity index (χ4n) is 1.47. The first-order chi connectivity index (χ1) is 8.68.